The highest BCUT2D eigenvalue weighted by Crippen LogP contribution is 2.27. The molecule has 2 aromatic carbocycles. The first kappa shape index (κ1) is 13.1. The Hall–Kier alpha value is -2.55. The number of rotatable bonds is 2. The van der Waals surface area contributed by atoms with Gasteiger partial charge in [0, 0.05) is 23.9 Å². The van der Waals surface area contributed by atoms with Crippen LogP contribution in [0.4, 0.5) is 5.69 Å². The maximum absolute atomic E-state index is 12.8. The van der Waals surface area contributed by atoms with Crippen LogP contribution < -0.4 is 4.90 Å². The molecule has 110 valence electrons. The molecule has 3 nitrogen and oxygen atoms in total. The highest BCUT2D eigenvalue weighted by molar-refractivity contribution is 5.95. The Kier molecular flexibility index (Phi) is 3.19. The van der Waals surface area contributed by atoms with Crippen molar-refractivity contribution in [3.8, 4) is 0 Å². The van der Waals surface area contributed by atoms with E-state index in [1.165, 1.54) is 10.9 Å². The van der Waals surface area contributed by atoms with E-state index >= 15 is 0 Å². The number of fused-ring (bicyclic) bond motifs is 2. The van der Waals surface area contributed by atoms with Crippen molar-refractivity contribution in [1.82, 2.24) is 4.57 Å². The standard InChI is InChI=1S/C19H18N2O/c22-19(14-20-13-11-16-7-1-3-9-17(16)20)21-12-5-8-15-6-2-4-10-18(15)21/h1-4,6-7,9-11,13H,5,8,12,14H2. The van der Waals surface area contributed by atoms with Crippen molar-refractivity contribution in [2.24, 2.45) is 0 Å². The van der Waals surface area contributed by atoms with Crippen LogP contribution in [0.5, 0.6) is 0 Å². The van der Waals surface area contributed by atoms with Crippen molar-refractivity contribution in [3.63, 3.8) is 0 Å². The van der Waals surface area contributed by atoms with Crippen molar-refractivity contribution in [2.75, 3.05) is 11.4 Å². The quantitative estimate of drug-likeness (QED) is 0.707. The first-order valence-electron chi connectivity index (χ1n) is 7.75. The zero-order valence-corrected chi connectivity index (χ0v) is 12.4. The van der Waals surface area contributed by atoms with E-state index in [-0.39, 0.29) is 5.91 Å². The van der Waals surface area contributed by atoms with E-state index in [1.807, 2.05) is 39.9 Å². The lowest BCUT2D eigenvalue weighted by molar-refractivity contribution is -0.119. The summed E-state index contributed by atoms with van der Waals surface area (Å²) in [5, 5.41) is 1.18. The summed E-state index contributed by atoms with van der Waals surface area (Å²) in [5.74, 6) is 0.161. The Balaban J connectivity index is 1.63. The average Bonchev–Trinajstić information content (AvgIpc) is 2.97. The number of para-hydroxylation sites is 2. The van der Waals surface area contributed by atoms with E-state index in [2.05, 4.69) is 30.3 Å². The molecule has 0 saturated carbocycles. The van der Waals surface area contributed by atoms with Gasteiger partial charge in [-0.15, -0.1) is 0 Å². The van der Waals surface area contributed by atoms with Gasteiger partial charge in [0.1, 0.15) is 6.54 Å². The highest BCUT2D eigenvalue weighted by atomic mass is 16.2. The summed E-state index contributed by atoms with van der Waals surface area (Å²) in [6.07, 6.45) is 4.10. The highest BCUT2D eigenvalue weighted by Gasteiger charge is 2.22. The third-order valence-electron chi connectivity index (χ3n) is 4.40. The largest absolute Gasteiger partial charge is 0.338 e. The van der Waals surface area contributed by atoms with Gasteiger partial charge in [0.2, 0.25) is 5.91 Å². The molecule has 1 aromatic heterocycles. The number of nitrogens with zero attached hydrogens (tertiary/aromatic N) is 2. The summed E-state index contributed by atoms with van der Waals surface area (Å²) in [4.78, 5) is 14.7. The number of benzene rings is 2. The van der Waals surface area contributed by atoms with Gasteiger partial charge in [-0.25, -0.2) is 0 Å². The zero-order valence-electron chi connectivity index (χ0n) is 12.4. The van der Waals surface area contributed by atoms with Gasteiger partial charge < -0.3 is 9.47 Å². The lowest BCUT2D eigenvalue weighted by atomic mass is 10.0. The SMILES string of the molecule is O=C(Cn1ccc2ccccc21)N1CCCc2ccccc21. The van der Waals surface area contributed by atoms with Crippen LogP contribution in [-0.4, -0.2) is 17.0 Å². The number of aryl methyl sites for hydroxylation is 1. The fraction of sp³-hybridized carbons (Fsp3) is 0.211. The normalized spacial score (nSPS) is 14.1. The van der Waals surface area contributed by atoms with Crippen LogP contribution in [0.2, 0.25) is 0 Å². The predicted octanol–water partition coefficient (Wildman–Crippen LogP) is 3.62. The second-order valence-electron chi connectivity index (χ2n) is 5.78. The van der Waals surface area contributed by atoms with E-state index in [0.29, 0.717) is 6.54 Å². The molecule has 3 aromatic rings. The van der Waals surface area contributed by atoms with Gasteiger partial charge in [0.25, 0.3) is 0 Å². The smallest absolute Gasteiger partial charge is 0.246 e. The minimum Gasteiger partial charge on any atom is -0.338 e. The monoisotopic (exact) mass is 290 g/mol. The first-order valence-corrected chi connectivity index (χ1v) is 7.75. The number of carbonyl (C=O) groups excluding carboxylic acids is 1. The number of hydrogen-bond donors (Lipinski definition) is 0. The molecule has 1 aliphatic rings. The van der Waals surface area contributed by atoms with Crippen molar-refractivity contribution < 1.29 is 4.79 Å². The molecule has 1 amide bonds. The molecule has 3 heteroatoms. The Bertz CT molecular complexity index is 834. The van der Waals surface area contributed by atoms with E-state index in [9.17, 15) is 4.79 Å². The molecule has 2 heterocycles. The van der Waals surface area contributed by atoms with Crippen LogP contribution in [0.25, 0.3) is 10.9 Å². The Morgan fingerprint density at radius 2 is 1.82 bits per heavy atom. The molecule has 22 heavy (non-hydrogen) atoms. The minimum absolute atomic E-state index is 0.161. The molecule has 0 aliphatic carbocycles. The van der Waals surface area contributed by atoms with Crippen LogP contribution in [-0.2, 0) is 17.8 Å². The average molecular weight is 290 g/mol. The third kappa shape index (κ3) is 2.19. The second-order valence-corrected chi connectivity index (χ2v) is 5.78. The molecule has 0 radical (unpaired) electrons. The number of hydrogen-bond acceptors (Lipinski definition) is 1. The zero-order chi connectivity index (χ0) is 14.9. The van der Waals surface area contributed by atoms with Crippen molar-refractivity contribution >= 4 is 22.5 Å². The molecule has 1 aliphatic heterocycles. The molecular weight excluding hydrogens is 272 g/mol. The summed E-state index contributed by atoms with van der Waals surface area (Å²) in [5.41, 5.74) is 3.47. The van der Waals surface area contributed by atoms with Gasteiger partial charge in [-0.3, -0.25) is 4.79 Å². The van der Waals surface area contributed by atoms with E-state index in [0.717, 1.165) is 30.6 Å². The minimum atomic E-state index is 0.161. The number of anilines is 1. The van der Waals surface area contributed by atoms with Crippen LogP contribution in [0.15, 0.2) is 60.8 Å². The Labute approximate surface area is 129 Å². The number of carbonyl (C=O) groups is 1. The number of aromatic nitrogens is 1. The van der Waals surface area contributed by atoms with Crippen molar-refractivity contribution in [2.45, 2.75) is 19.4 Å². The molecule has 0 saturated heterocycles. The molecule has 4 rings (SSSR count). The topological polar surface area (TPSA) is 25.2 Å². The van der Waals surface area contributed by atoms with Gasteiger partial charge in [0.05, 0.1) is 0 Å². The summed E-state index contributed by atoms with van der Waals surface area (Å²) in [7, 11) is 0. The Morgan fingerprint density at radius 1 is 1.00 bits per heavy atom. The lowest BCUT2D eigenvalue weighted by Gasteiger charge is -2.29. The van der Waals surface area contributed by atoms with Gasteiger partial charge in [-0.05, 0) is 42.0 Å². The first-order chi connectivity index (χ1) is 10.8. The summed E-state index contributed by atoms with van der Waals surface area (Å²) >= 11 is 0. The molecule has 0 spiro atoms. The molecule has 0 fully saturated rings. The molecular formula is C19H18N2O. The maximum atomic E-state index is 12.8. The van der Waals surface area contributed by atoms with Crippen LogP contribution in [0, 0.1) is 0 Å². The van der Waals surface area contributed by atoms with Crippen LogP contribution in [0.1, 0.15) is 12.0 Å². The summed E-state index contributed by atoms with van der Waals surface area (Å²) in [6, 6.07) is 18.5. The number of amides is 1. The fourth-order valence-electron chi connectivity index (χ4n) is 3.30. The van der Waals surface area contributed by atoms with Crippen molar-refractivity contribution in [3.05, 3.63) is 66.4 Å². The molecule has 0 unspecified atom stereocenters. The molecule has 0 N–H and O–H groups in total. The van der Waals surface area contributed by atoms with Crippen LogP contribution in [0.3, 0.4) is 0 Å². The van der Waals surface area contributed by atoms with Gasteiger partial charge >= 0.3 is 0 Å². The van der Waals surface area contributed by atoms with Gasteiger partial charge in [-0.2, -0.15) is 0 Å². The van der Waals surface area contributed by atoms with Crippen molar-refractivity contribution in [1.29, 1.82) is 0 Å². The fourth-order valence-corrected chi connectivity index (χ4v) is 3.30. The van der Waals surface area contributed by atoms with Gasteiger partial charge in [0.15, 0.2) is 0 Å². The second kappa shape index (κ2) is 5.34. The van der Waals surface area contributed by atoms with E-state index in [1.54, 1.807) is 0 Å². The van der Waals surface area contributed by atoms with Gasteiger partial charge in [-0.1, -0.05) is 36.4 Å². The predicted molar refractivity (Wildman–Crippen MR) is 89.1 cm³/mol. The Morgan fingerprint density at radius 3 is 2.77 bits per heavy atom. The van der Waals surface area contributed by atoms with E-state index < -0.39 is 0 Å². The molecule has 0 atom stereocenters. The third-order valence-corrected chi connectivity index (χ3v) is 4.40. The van der Waals surface area contributed by atoms with E-state index in [4.69, 9.17) is 0 Å². The summed E-state index contributed by atoms with van der Waals surface area (Å²) < 4.78 is 2.04. The molecule has 0 bridgehead atoms. The van der Waals surface area contributed by atoms with Crippen LogP contribution >= 0.6 is 0 Å². The summed E-state index contributed by atoms with van der Waals surface area (Å²) in [6.45, 7) is 1.21. The lowest BCUT2D eigenvalue weighted by Crippen LogP contribution is -2.37. The maximum Gasteiger partial charge on any atom is 0.246 e.